The zero-order chi connectivity index (χ0) is 42.6. The van der Waals surface area contributed by atoms with Crippen LogP contribution in [-0.4, -0.2) is 73.4 Å². The molecule has 0 spiro atoms. The summed E-state index contributed by atoms with van der Waals surface area (Å²) in [4.78, 5) is 43.7. The van der Waals surface area contributed by atoms with E-state index < -0.39 is 36.4 Å². The van der Waals surface area contributed by atoms with Crippen LogP contribution < -0.4 is 23.7 Å². The van der Waals surface area contributed by atoms with Gasteiger partial charge < -0.3 is 43.0 Å². The van der Waals surface area contributed by atoms with E-state index in [0.717, 1.165) is 28.5 Å². The van der Waals surface area contributed by atoms with Crippen LogP contribution in [0.1, 0.15) is 68.3 Å². The third kappa shape index (κ3) is 11.4. The van der Waals surface area contributed by atoms with Gasteiger partial charge in [0.05, 0.1) is 30.9 Å². The van der Waals surface area contributed by atoms with E-state index in [2.05, 4.69) is 26.1 Å². The molecule has 2 heterocycles. The Morgan fingerprint density at radius 3 is 2.20 bits per heavy atom. The summed E-state index contributed by atoms with van der Waals surface area (Å²) in [5.74, 6) is 0.447. The summed E-state index contributed by atoms with van der Waals surface area (Å²) in [5.41, 5.74) is 4.24. The van der Waals surface area contributed by atoms with Crippen molar-refractivity contribution in [2.24, 2.45) is 0 Å². The van der Waals surface area contributed by atoms with Crippen LogP contribution in [0.5, 0.6) is 28.7 Å². The highest BCUT2D eigenvalue weighted by atomic mass is 32.1. The zero-order valence-electron chi connectivity index (χ0n) is 33.7. The van der Waals surface area contributed by atoms with Crippen molar-refractivity contribution < 1.29 is 57.4 Å². The van der Waals surface area contributed by atoms with Gasteiger partial charge in [-0.2, -0.15) is 0 Å². The lowest BCUT2D eigenvalue weighted by molar-refractivity contribution is -0.148. The van der Waals surface area contributed by atoms with Crippen molar-refractivity contribution in [3.05, 3.63) is 131 Å². The zero-order valence-corrected chi connectivity index (χ0v) is 34.5. The van der Waals surface area contributed by atoms with E-state index in [9.17, 15) is 19.5 Å². The number of benzene rings is 4. The van der Waals surface area contributed by atoms with Gasteiger partial charge in [0.1, 0.15) is 39.1 Å². The number of thiazole rings is 1. The molecule has 1 aliphatic rings. The maximum Gasteiger partial charge on any atom is 0.343 e. The monoisotopic (exact) mass is 837 g/mol. The topological polar surface area (TPSA) is 158 Å². The summed E-state index contributed by atoms with van der Waals surface area (Å²) < 4.78 is 46.3. The van der Waals surface area contributed by atoms with Gasteiger partial charge >= 0.3 is 17.9 Å². The van der Waals surface area contributed by atoms with Crippen LogP contribution in [0.3, 0.4) is 0 Å². The first-order chi connectivity index (χ1) is 29.0. The Labute approximate surface area is 352 Å². The number of hydrogen-bond acceptors (Lipinski definition) is 14. The van der Waals surface area contributed by atoms with E-state index in [4.69, 9.17) is 42.9 Å². The van der Waals surface area contributed by atoms with Crippen LogP contribution in [-0.2, 0) is 25.4 Å². The highest BCUT2D eigenvalue weighted by Gasteiger charge is 2.30. The fourth-order valence-electron chi connectivity index (χ4n) is 6.29. The third-order valence-corrected chi connectivity index (χ3v) is 10.4. The van der Waals surface area contributed by atoms with E-state index in [1.807, 2.05) is 19.9 Å². The molecule has 60 heavy (non-hydrogen) atoms. The first-order valence-electron chi connectivity index (χ1n) is 19.5. The first kappa shape index (κ1) is 43.5. The predicted molar refractivity (Wildman–Crippen MR) is 224 cm³/mol. The van der Waals surface area contributed by atoms with Crippen molar-refractivity contribution in [1.82, 2.24) is 4.98 Å². The van der Waals surface area contributed by atoms with Crippen LogP contribution in [0.2, 0.25) is 0 Å². The van der Waals surface area contributed by atoms with Gasteiger partial charge in [0.25, 0.3) is 0 Å². The van der Waals surface area contributed by atoms with Gasteiger partial charge in [-0.1, -0.05) is 19.2 Å². The summed E-state index contributed by atoms with van der Waals surface area (Å²) >= 11 is 1.31. The number of fused-ring (bicyclic) bond motifs is 2. The summed E-state index contributed by atoms with van der Waals surface area (Å²) in [6.07, 6.45) is 2.14. The number of aryl methyl sites for hydroxylation is 2. The molecule has 0 saturated heterocycles. The number of aromatic nitrogens is 1. The minimum absolute atomic E-state index is 0.0212. The first-order valence-corrected chi connectivity index (χ1v) is 20.3. The largest absolute Gasteiger partial charge is 0.494 e. The Kier molecular flexibility index (Phi) is 15.1. The molecule has 13 nitrogen and oxygen atoms in total. The van der Waals surface area contributed by atoms with Crippen LogP contribution in [0.4, 0.5) is 0 Å². The fourth-order valence-corrected chi connectivity index (χ4v) is 7.35. The molecule has 5 aromatic rings. The van der Waals surface area contributed by atoms with Gasteiger partial charge in [0, 0.05) is 24.7 Å². The second kappa shape index (κ2) is 20.8. The predicted octanol–water partition coefficient (Wildman–Crippen LogP) is 8.22. The summed E-state index contributed by atoms with van der Waals surface area (Å²) in [6.45, 7) is 14.1. The van der Waals surface area contributed by atoms with Crippen LogP contribution in [0, 0.1) is 13.8 Å². The van der Waals surface area contributed by atoms with Gasteiger partial charge in [-0.25, -0.2) is 19.4 Å². The molecule has 4 aromatic carbocycles. The Hall–Kier alpha value is -6.06. The van der Waals surface area contributed by atoms with Gasteiger partial charge in [-0.15, -0.1) is 11.3 Å². The molecule has 0 saturated carbocycles. The van der Waals surface area contributed by atoms with Crippen molar-refractivity contribution in [2.45, 2.75) is 58.5 Å². The van der Waals surface area contributed by atoms with Crippen molar-refractivity contribution in [2.75, 3.05) is 33.0 Å². The number of rotatable bonds is 21. The smallest absolute Gasteiger partial charge is 0.343 e. The van der Waals surface area contributed by atoms with Gasteiger partial charge in [0.2, 0.25) is 0 Å². The molecule has 3 atom stereocenters. The highest BCUT2D eigenvalue weighted by Crippen LogP contribution is 2.45. The number of aliphatic hydroxyl groups excluding tert-OH is 1. The number of unbranched alkanes of at least 4 members (excludes halogenated alkanes) is 1. The van der Waals surface area contributed by atoms with E-state index in [0.29, 0.717) is 71.4 Å². The number of nitrogens with zero attached hydrogens (tertiary/aromatic N) is 1. The molecule has 314 valence electrons. The maximum atomic E-state index is 13.5. The fraction of sp³-hybridized carbons (Fsp3) is 0.304. The minimum Gasteiger partial charge on any atom is -0.494 e. The van der Waals surface area contributed by atoms with Crippen molar-refractivity contribution in [1.29, 1.82) is 0 Å². The Bertz CT molecular complexity index is 2300. The number of aliphatic hydroxyl groups is 1. The molecule has 6 rings (SSSR count). The Morgan fingerprint density at radius 2 is 1.53 bits per heavy atom. The van der Waals surface area contributed by atoms with Gasteiger partial charge in [-0.3, -0.25) is 0 Å². The molecule has 1 aromatic heterocycles. The molecule has 0 bridgehead atoms. The Morgan fingerprint density at radius 1 is 0.883 bits per heavy atom. The molecular formula is C46H47NO12S. The average Bonchev–Trinajstić information content (AvgIpc) is 3.90. The molecule has 0 fully saturated rings. The minimum atomic E-state index is -1.01. The normalized spacial score (nSPS) is 14.0. The SMILES string of the molecule is C=CC(=O)OC(COCCCCOC(O)C=C)COc1ccc(C(=O)Oc2ccc(OC(=O)c3ccc(OCC)cc3)c3sc(C4Cc5c(C)cc(C)cc5O4)nc23)cc1. The molecule has 14 heteroatoms. The molecule has 0 aliphatic carbocycles. The Balaban J connectivity index is 1.14. The maximum absolute atomic E-state index is 13.5. The highest BCUT2D eigenvalue weighted by molar-refractivity contribution is 7.19. The van der Waals surface area contributed by atoms with Crippen LogP contribution >= 0.6 is 11.3 Å². The summed E-state index contributed by atoms with van der Waals surface area (Å²) in [7, 11) is 0. The lowest BCUT2D eigenvalue weighted by Gasteiger charge is -2.18. The lowest BCUT2D eigenvalue weighted by atomic mass is 10.0. The van der Waals surface area contributed by atoms with E-state index in [-0.39, 0.29) is 30.3 Å². The standard InChI is InChI=1S/C46H47NO12S/c1-6-40(48)54-22-10-9-21-52-26-34(56-41(49)7-2)27-55-33-17-13-30(14-18-33)45(50)58-36-19-20-37(59-46(51)31-11-15-32(16-12-31)53-8-3)43-42(36)47-44(60-43)39-25-35-29(5)23-28(4)24-38(35)57-39/h6-7,11-20,23-24,34,39-40,48H,1-2,8-10,21-22,25-27H2,3-5H3. The second-order valence-electron chi connectivity index (χ2n) is 13.8. The molecule has 0 radical (unpaired) electrons. The quantitative estimate of drug-likeness (QED) is 0.0188. The summed E-state index contributed by atoms with van der Waals surface area (Å²) in [5, 5.41) is 10.0. The molecule has 1 aliphatic heterocycles. The number of carbonyl (C=O) groups excluding carboxylic acids is 3. The number of ether oxygens (including phenoxy) is 8. The van der Waals surface area contributed by atoms with Crippen molar-refractivity contribution in [3.63, 3.8) is 0 Å². The number of carbonyl (C=O) groups is 3. The van der Waals surface area contributed by atoms with Gasteiger partial charge in [0.15, 0.2) is 30.0 Å². The summed E-state index contributed by atoms with van der Waals surface area (Å²) in [6, 6.07) is 20.2. The third-order valence-electron chi connectivity index (χ3n) is 9.26. The average molecular weight is 838 g/mol. The van der Waals surface area contributed by atoms with E-state index in [1.165, 1.54) is 17.4 Å². The van der Waals surface area contributed by atoms with Crippen molar-refractivity contribution in [3.8, 4) is 28.7 Å². The van der Waals surface area contributed by atoms with E-state index in [1.54, 1.807) is 60.7 Å². The lowest BCUT2D eigenvalue weighted by Crippen LogP contribution is -2.29. The van der Waals surface area contributed by atoms with E-state index >= 15 is 0 Å². The number of hydrogen-bond donors (Lipinski definition) is 1. The van der Waals surface area contributed by atoms with Crippen molar-refractivity contribution >= 4 is 39.5 Å². The molecule has 1 N–H and O–H groups in total. The number of esters is 3. The molecule has 3 unspecified atom stereocenters. The molecular weight excluding hydrogens is 791 g/mol. The van der Waals surface area contributed by atoms with Crippen LogP contribution in [0.15, 0.2) is 98.1 Å². The van der Waals surface area contributed by atoms with Gasteiger partial charge in [-0.05, 0) is 118 Å². The van der Waals surface area contributed by atoms with Crippen LogP contribution in [0.25, 0.3) is 10.2 Å². The molecule has 0 amide bonds. The second-order valence-corrected chi connectivity index (χ2v) is 14.8.